The van der Waals surface area contributed by atoms with E-state index in [0.717, 1.165) is 31.3 Å². The molecule has 0 fully saturated rings. The largest absolute Gasteiger partial charge is 0.364 e. The zero-order valence-corrected chi connectivity index (χ0v) is 10.9. The van der Waals surface area contributed by atoms with Crippen molar-refractivity contribution in [2.24, 2.45) is 4.99 Å². The molecule has 1 heterocycles. The van der Waals surface area contributed by atoms with Gasteiger partial charge in [0.1, 0.15) is 0 Å². The molecule has 1 aliphatic rings. The van der Waals surface area contributed by atoms with Gasteiger partial charge in [0.2, 0.25) is 0 Å². The molecule has 1 aliphatic heterocycles. The molecular formula is C11H23N3S. The maximum Gasteiger partial charge on any atom is 0.156 e. The summed E-state index contributed by atoms with van der Waals surface area (Å²) in [5, 5.41) is 5.20. The Morgan fingerprint density at radius 1 is 1.47 bits per heavy atom. The average Bonchev–Trinajstić information content (AvgIpc) is 2.63. The van der Waals surface area contributed by atoms with Crippen LogP contribution in [0, 0.1) is 0 Å². The minimum atomic E-state index is 0.658. The molecule has 0 radical (unpaired) electrons. The summed E-state index contributed by atoms with van der Waals surface area (Å²) in [4.78, 5) is 6.90. The van der Waals surface area contributed by atoms with E-state index in [0.29, 0.717) is 5.25 Å². The minimum Gasteiger partial charge on any atom is -0.364 e. The van der Waals surface area contributed by atoms with Crippen molar-refractivity contribution < 1.29 is 0 Å². The van der Waals surface area contributed by atoms with Crippen LogP contribution in [0.15, 0.2) is 4.99 Å². The van der Waals surface area contributed by atoms with E-state index in [4.69, 9.17) is 0 Å². The highest BCUT2D eigenvalue weighted by Gasteiger charge is 2.14. The summed E-state index contributed by atoms with van der Waals surface area (Å²) in [5.74, 6) is 0. The zero-order chi connectivity index (χ0) is 11.1. The first-order valence-corrected chi connectivity index (χ1v) is 6.81. The summed E-state index contributed by atoms with van der Waals surface area (Å²) in [6.45, 7) is 12.1. The molecule has 0 amide bonds. The van der Waals surface area contributed by atoms with Crippen molar-refractivity contribution in [2.45, 2.75) is 32.4 Å². The van der Waals surface area contributed by atoms with Crippen molar-refractivity contribution in [2.75, 3.05) is 32.7 Å². The SMILES string of the molecule is CCCN(CC)CCNC1=NCC(C)S1. The molecule has 0 aromatic heterocycles. The van der Waals surface area contributed by atoms with E-state index < -0.39 is 0 Å². The lowest BCUT2D eigenvalue weighted by atomic mass is 10.4. The van der Waals surface area contributed by atoms with Crippen LogP contribution in [0.1, 0.15) is 27.2 Å². The highest BCUT2D eigenvalue weighted by Crippen LogP contribution is 2.17. The number of nitrogens with zero attached hydrogens (tertiary/aromatic N) is 2. The van der Waals surface area contributed by atoms with Crippen LogP contribution in [-0.2, 0) is 0 Å². The monoisotopic (exact) mass is 229 g/mol. The zero-order valence-electron chi connectivity index (χ0n) is 10.1. The highest BCUT2D eigenvalue weighted by molar-refractivity contribution is 8.14. The van der Waals surface area contributed by atoms with Crippen LogP contribution in [0.5, 0.6) is 0 Å². The predicted molar refractivity (Wildman–Crippen MR) is 69.8 cm³/mol. The van der Waals surface area contributed by atoms with Crippen LogP contribution in [0.4, 0.5) is 0 Å². The van der Waals surface area contributed by atoms with Gasteiger partial charge < -0.3 is 10.2 Å². The second kappa shape index (κ2) is 7.12. The molecule has 0 aromatic rings. The van der Waals surface area contributed by atoms with Crippen LogP contribution in [0.2, 0.25) is 0 Å². The Morgan fingerprint density at radius 3 is 2.80 bits per heavy atom. The fourth-order valence-corrected chi connectivity index (χ4v) is 2.50. The Hall–Kier alpha value is -0.220. The number of thioether (sulfide) groups is 1. The molecule has 0 bridgehead atoms. The minimum absolute atomic E-state index is 0.658. The van der Waals surface area contributed by atoms with Gasteiger partial charge in [0, 0.05) is 18.3 Å². The second-order valence-corrected chi connectivity index (χ2v) is 5.36. The predicted octanol–water partition coefficient (Wildman–Crippen LogP) is 1.80. The Bertz CT molecular complexity index is 206. The molecule has 0 saturated carbocycles. The topological polar surface area (TPSA) is 27.6 Å². The number of aliphatic imine (C=N–C) groups is 1. The molecule has 3 nitrogen and oxygen atoms in total. The summed E-state index contributed by atoms with van der Waals surface area (Å²) in [5.41, 5.74) is 0. The molecule has 88 valence electrons. The standard InChI is InChI=1S/C11H23N3S/c1-4-7-14(5-2)8-6-12-11-13-9-10(3)15-11/h10H,4-9H2,1-3H3,(H,12,13). The molecule has 4 heteroatoms. The normalized spacial score (nSPS) is 20.8. The van der Waals surface area contributed by atoms with Crippen LogP contribution in [-0.4, -0.2) is 48.0 Å². The average molecular weight is 229 g/mol. The number of amidine groups is 1. The van der Waals surface area contributed by atoms with Crippen molar-refractivity contribution >= 4 is 16.9 Å². The van der Waals surface area contributed by atoms with E-state index in [1.807, 2.05) is 11.8 Å². The van der Waals surface area contributed by atoms with Gasteiger partial charge in [0.05, 0.1) is 6.54 Å². The van der Waals surface area contributed by atoms with Gasteiger partial charge in [-0.25, -0.2) is 0 Å². The first-order chi connectivity index (χ1) is 7.26. The van der Waals surface area contributed by atoms with E-state index in [1.54, 1.807) is 0 Å². The van der Waals surface area contributed by atoms with Crippen molar-refractivity contribution in [3.05, 3.63) is 0 Å². The van der Waals surface area contributed by atoms with Crippen LogP contribution < -0.4 is 5.32 Å². The number of hydrogen-bond donors (Lipinski definition) is 1. The molecule has 0 spiro atoms. The van der Waals surface area contributed by atoms with E-state index in [9.17, 15) is 0 Å². The van der Waals surface area contributed by atoms with Crippen molar-refractivity contribution in [1.29, 1.82) is 0 Å². The van der Waals surface area contributed by atoms with Gasteiger partial charge in [0.15, 0.2) is 5.17 Å². The van der Waals surface area contributed by atoms with Gasteiger partial charge in [0.25, 0.3) is 0 Å². The van der Waals surface area contributed by atoms with E-state index in [-0.39, 0.29) is 0 Å². The molecule has 15 heavy (non-hydrogen) atoms. The third kappa shape index (κ3) is 4.89. The molecule has 0 aromatic carbocycles. The van der Waals surface area contributed by atoms with Crippen molar-refractivity contribution in [3.63, 3.8) is 0 Å². The third-order valence-corrected chi connectivity index (χ3v) is 3.54. The summed E-state index contributed by atoms with van der Waals surface area (Å²) < 4.78 is 0. The van der Waals surface area contributed by atoms with Gasteiger partial charge in [-0.1, -0.05) is 32.5 Å². The quantitative estimate of drug-likeness (QED) is 0.752. The van der Waals surface area contributed by atoms with Crippen LogP contribution in [0.3, 0.4) is 0 Å². The maximum atomic E-state index is 4.44. The van der Waals surface area contributed by atoms with Gasteiger partial charge in [-0.2, -0.15) is 0 Å². The van der Waals surface area contributed by atoms with Crippen LogP contribution >= 0.6 is 11.8 Å². The first kappa shape index (κ1) is 12.8. The lowest BCUT2D eigenvalue weighted by Crippen LogP contribution is -2.34. The molecule has 0 aliphatic carbocycles. The van der Waals surface area contributed by atoms with Crippen molar-refractivity contribution in [3.8, 4) is 0 Å². The molecule has 1 N–H and O–H groups in total. The van der Waals surface area contributed by atoms with Gasteiger partial charge in [-0.3, -0.25) is 4.99 Å². The maximum absolute atomic E-state index is 4.44. The van der Waals surface area contributed by atoms with Gasteiger partial charge >= 0.3 is 0 Å². The van der Waals surface area contributed by atoms with Crippen LogP contribution in [0.25, 0.3) is 0 Å². The highest BCUT2D eigenvalue weighted by atomic mass is 32.2. The number of rotatable bonds is 6. The first-order valence-electron chi connectivity index (χ1n) is 5.93. The number of hydrogen-bond acceptors (Lipinski definition) is 4. The Labute approximate surface area is 97.7 Å². The van der Waals surface area contributed by atoms with Crippen molar-refractivity contribution in [1.82, 2.24) is 10.2 Å². The summed E-state index contributed by atoms with van der Waals surface area (Å²) in [6.07, 6.45) is 1.24. The second-order valence-electron chi connectivity index (χ2n) is 3.94. The van der Waals surface area contributed by atoms with Gasteiger partial charge in [-0.05, 0) is 19.5 Å². The lowest BCUT2D eigenvalue weighted by molar-refractivity contribution is 0.293. The van der Waals surface area contributed by atoms with Gasteiger partial charge in [-0.15, -0.1) is 0 Å². The smallest absolute Gasteiger partial charge is 0.156 e. The fourth-order valence-electron chi connectivity index (χ4n) is 1.64. The summed E-state index contributed by atoms with van der Waals surface area (Å²) in [6, 6.07) is 0. The molecule has 0 saturated heterocycles. The fraction of sp³-hybridized carbons (Fsp3) is 0.909. The molecule has 1 rings (SSSR count). The molecule has 1 unspecified atom stereocenters. The summed E-state index contributed by atoms with van der Waals surface area (Å²) in [7, 11) is 0. The number of nitrogens with one attached hydrogen (secondary N) is 1. The Balaban J connectivity index is 2.09. The van der Waals surface area contributed by atoms with E-state index in [1.165, 1.54) is 13.0 Å². The third-order valence-electron chi connectivity index (χ3n) is 2.50. The Kier molecular flexibility index (Phi) is 6.10. The van der Waals surface area contributed by atoms with E-state index in [2.05, 4.69) is 36.0 Å². The molecule has 1 atom stereocenters. The summed E-state index contributed by atoms with van der Waals surface area (Å²) >= 11 is 1.86. The Morgan fingerprint density at radius 2 is 2.27 bits per heavy atom. The molecular weight excluding hydrogens is 206 g/mol. The lowest BCUT2D eigenvalue weighted by Gasteiger charge is -2.19. The number of likely N-dealkylation sites (N-methyl/N-ethyl adjacent to an activating group) is 1. The van der Waals surface area contributed by atoms with E-state index >= 15 is 0 Å².